The van der Waals surface area contributed by atoms with E-state index in [2.05, 4.69) is 12.0 Å². The topological polar surface area (TPSA) is 15.3 Å². The van der Waals surface area contributed by atoms with E-state index in [-0.39, 0.29) is 12.4 Å². The zero-order chi connectivity index (χ0) is 10.6. The minimum atomic E-state index is 0. The molecule has 0 unspecified atom stereocenters. The molecule has 0 heterocycles. The second-order valence-corrected chi connectivity index (χ2v) is 3.63. The van der Waals surface area contributed by atoms with Crippen molar-refractivity contribution in [3.8, 4) is 0 Å². The molecule has 0 fully saturated rings. The van der Waals surface area contributed by atoms with E-state index >= 15 is 0 Å². The summed E-state index contributed by atoms with van der Waals surface area (Å²) in [5.41, 5.74) is 5.21. The maximum absolute atomic E-state index is 5.80. The van der Waals surface area contributed by atoms with Crippen LogP contribution in [0, 0.1) is 0 Å². The summed E-state index contributed by atoms with van der Waals surface area (Å²) >= 11 is 5.80. The van der Waals surface area contributed by atoms with Gasteiger partial charge in [-0.1, -0.05) is 30.3 Å². The van der Waals surface area contributed by atoms with Crippen molar-refractivity contribution in [2.45, 2.75) is 0 Å². The highest BCUT2D eigenvalue weighted by molar-refractivity contribution is 6.30. The molecule has 0 saturated heterocycles. The number of rotatable bonds is 4. The van der Waals surface area contributed by atoms with Gasteiger partial charge in [-0.05, 0) is 30.3 Å². The molecular formula is C11H16Cl2N2. The first-order chi connectivity index (χ1) is 6.63. The van der Waals surface area contributed by atoms with Crippen molar-refractivity contribution in [3.05, 3.63) is 41.4 Å². The van der Waals surface area contributed by atoms with Crippen LogP contribution in [0.2, 0.25) is 5.02 Å². The van der Waals surface area contributed by atoms with Gasteiger partial charge >= 0.3 is 0 Å². The first-order valence-corrected chi connectivity index (χ1v) is 4.83. The van der Waals surface area contributed by atoms with E-state index in [1.165, 1.54) is 0 Å². The highest BCUT2D eigenvalue weighted by atomic mass is 35.5. The molecular weight excluding hydrogens is 231 g/mol. The van der Waals surface area contributed by atoms with Gasteiger partial charge in [0.25, 0.3) is 0 Å². The fourth-order valence-corrected chi connectivity index (χ4v) is 1.27. The molecule has 2 nitrogen and oxygen atoms in total. The number of nitrogens with one attached hydrogen (secondary N) is 1. The predicted octanol–water partition coefficient (Wildman–Crippen LogP) is 2.84. The van der Waals surface area contributed by atoms with Gasteiger partial charge in [-0.15, -0.1) is 12.4 Å². The third-order valence-electron chi connectivity index (χ3n) is 2.06. The zero-order valence-corrected chi connectivity index (χ0v) is 10.5. The number of hydrogen-bond donors (Lipinski definition) is 1. The Balaban J connectivity index is 0.00000196. The van der Waals surface area contributed by atoms with Crippen molar-refractivity contribution in [1.29, 1.82) is 0 Å². The maximum Gasteiger partial charge on any atom is 0.0406 e. The van der Waals surface area contributed by atoms with Crippen LogP contribution in [0.3, 0.4) is 0 Å². The van der Waals surface area contributed by atoms with Gasteiger partial charge in [-0.25, -0.2) is 5.01 Å². The molecule has 1 aromatic rings. The van der Waals surface area contributed by atoms with Crippen LogP contribution in [-0.2, 0) is 0 Å². The minimum absolute atomic E-state index is 0. The highest BCUT2D eigenvalue weighted by Crippen LogP contribution is 2.16. The molecule has 0 amide bonds. The lowest BCUT2D eigenvalue weighted by Gasteiger charge is -2.16. The Bertz CT molecular complexity index is 309. The van der Waals surface area contributed by atoms with Gasteiger partial charge in [0.05, 0.1) is 0 Å². The molecule has 0 spiro atoms. The Morgan fingerprint density at radius 3 is 2.40 bits per heavy atom. The van der Waals surface area contributed by atoms with E-state index in [0.717, 1.165) is 22.7 Å². The molecule has 0 aliphatic carbocycles. The number of nitrogens with zero attached hydrogens (tertiary/aromatic N) is 1. The summed E-state index contributed by atoms with van der Waals surface area (Å²) in [5.74, 6) is 0. The van der Waals surface area contributed by atoms with Crippen molar-refractivity contribution >= 4 is 29.6 Å². The van der Waals surface area contributed by atoms with E-state index in [1.54, 1.807) is 0 Å². The third-order valence-corrected chi connectivity index (χ3v) is 2.31. The van der Waals surface area contributed by atoms with Crippen molar-refractivity contribution in [2.24, 2.45) is 0 Å². The van der Waals surface area contributed by atoms with E-state index in [4.69, 9.17) is 11.6 Å². The molecule has 1 rings (SSSR count). The lowest BCUT2D eigenvalue weighted by Crippen LogP contribution is -2.31. The van der Waals surface area contributed by atoms with Gasteiger partial charge in [0, 0.05) is 18.6 Å². The Morgan fingerprint density at radius 1 is 1.40 bits per heavy atom. The van der Waals surface area contributed by atoms with E-state index in [0.29, 0.717) is 0 Å². The van der Waals surface area contributed by atoms with Crippen LogP contribution in [0.25, 0.3) is 5.57 Å². The van der Waals surface area contributed by atoms with Gasteiger partial charge < -0.3 is 0 Å². The molecule has 1 aromatic carbocycles. The standard InChI is InChI=1S/C11H15ClN2.ClH/c1-9(8-14(3)13-2)10-4-6-11(12)7-5-10;/h4-7,13H,1,8H2,2-3H3;1H. The number of hydrogen-bond acceptors (Lipinski definition) is 2. The smallest absolute Gasteiger partial charge is 0.0406 e. The molecule has 1 N–H and O–H groups in total. The summed E-state index contributed by atoms with van der Waals surface area (Å²) in [6, 6.07) is 7.71. The lowest BCUT2D eigenvalue weighted by molar-refractivity contribution is 0.294. The molecule has 0 aliphatic heterocycles. The Morgan fingerprint density at radius 2 is 1.93 bits per heavy atom. The lowest BCUT2D eigenvalue weighted by atomic mass is 10.1. The van der Waals surface area contributed by atoms with Crippen LogP contribution in [0.4, 0.5) is 0 Å². The normalized spacial score (nSPS) is 9.87. The van der Waals surface area contributed by atoms with E-state index in [1.807, 2.05) is 43.4 Å². The summed E-state index contributed by atoms with van der Waals surface area (Å²) in [7, 11) is 3.86. The van der Waals surface area contributed by atoms with Gasteiger partial charge in [0.15, 0.2) is 0 Å². The maximum atomic E-state index is 5.80. The molecule has 0 atom stereocenters. The number of likely N-dealkylation sites (N-methyl/N-ethyl adjacent to an activating group) is 1. The van der Waals surface area contributed by atoms with Crippen LogP contribution in [-0.4, -0.2) is 25.6 Å². The van der Waals surface area contributed by atoms with Crippen LogP contribution in [0.1, 0.15) is 5.56 Å². The Hall–Kier alpha value is -0.540. The second kappa shape index (κ2) is 6.85. The molecule has 0 aliphatic rings. The first-order valence-electron chi connectivity index (χ1n) is 4.45. The van der Waals surface area contributed by atoms with Gasteiger partial charge in [-0.3, -0.25) is 5.43 Å². The summed E-state index contributed by atoms with van der Waals surface area (Å²) in [5, 5.41) is 2.72. The molecule has 0 radical (unpaired) electrons. The number of halogens is 2. The summed E-state index contributed by atoms with van der Waals surface area (Å²) in [6.07, 6.45) is 0. The van der Waals surface area contributed by atoms with Crippen LogP contribution < -0.4 is 5.43 Å². The molecule has 0 bridgehead atoms. The number of benzene rings is 1. The van der Waals surface area contributed by atoms with Crippen LogP contribution in [0.15, 0.2) is 30.8 Å². The minimum Gasteiger partial charge on any atom is -0.258 e. The molecule has 15 heavy (non-hydrogen) atoms. The molecule has 4 heteroatoms. The average molecular weight is 247 g/mol. The van der Waals surface area contributed by atoms with E-state index < -0.39 is 0 Å². The molecule has 0 saturated carbocycles. The van der Waals surface area contributed by atoms with Crippen LogP contribution in [0.5, 0.6) is 0 Å². The fraction of sp³-hybridized carbons (Fsp3) is 0.273. The SMILES string of the molecule is C=C(CN(C)NC)c1ccc(Cl)cc1.Cl. The fourth-order valence-electron chi connectivity index (χ4n) is 1.14. The second-order valence-electron chi connectivity index (χ2n) is 3.19. The van der Waals surface area contributed by atoms with Crippen molar-refractivity contribution in [2.75, 3.05) is 20.6 Å². The predicted molar refractivity (Wildman–Crippen MR) is 69.4 cm³/mol. The largest absolute Gasteiger partial charge is 0.258 e. The van der Waals surface area contributed by atoms with Crippen molar-refractivity contribution in [3.63, 3.8) is 0 Å². The van der Waals surface area contributed by atoms with Gasteiger partial charge in [0.1, 0.15) is 0 Å². The van der Waals surface area contributed by atoms with Crippen molar-refractivity contribution < 1.29 is 0 Å². The first kappa shape index (κ1) is 14.5. The number of hydrazine groups is 1. The Labute approximate surface area is 102 Å². The third kappa shape index (κ3) is 4.67. The molecule has 0 aromatic heterocycles. The average Bonchev–Trinajstić information content (AvgIpc) is 2.18. The van der Waals surface area contributed by atoms with Crippen molar-refractivity contribution in [1.82, 2.24) is 10.4 Å². The van der Waals surface area contributed by atoms with Gasteiger partial charge in [0.2, 0.25) is 0 Å². The highest BCUT2D eigenvalue weighted by Gasteiger charge is 2.01. The van der Waals surface area contributed by atoms with E-state index in [9.17, 15) is 0 Å². The Kier molecular flexibility index (Phi) is 6.61. The zero-order valence-electron chi connectivity index (χ0n) is 8.96. The quantitative estimate of drug-likeness (QED) is 0.823. The van der Waals surface area contributed by atoms with Crippen LogP contribution >= 0.6 is 24.0 Å². The monoisotopic (exact) mass is 246 g/mol. The summed E-state index contributed by atoms with van der Waals surface area (Å²) in [4.78, 5) is 0. The van der Waals surface area contributed by atoms with Gasteiger partial charge in [-0.2, -0.15) is 0 Å². The molecule has 84 valence electrons. The summed E-state index contributed by atoms with van der Waals surface area (Å²) in [6.45, 7) is 4.81. The summed E-state index contributed by atoms with van der Waals surface area (Å²) < 4.78 is 0.